The van der Waals surface area contributed by atoms with Gasteiger partial charge >= 0.3 is 0 Å². The molecule has 3 rings (SSSR count). The minimum absolute atomic E-state index is 0.130. The van der Waals surface area contributed by atoms with Gasteiger partial charge in [-0.1, -0.05) is 30.3 Å². The van der Waals surface area contributed by atoms with Gasteiger partial charge in [0.15, 0.2) is 0 Å². The van der Waals surface area contributed by atoms with Crippen molar-refractivity contribution in [3.8, 4) is 5.75 Å². The van der Waals surface area contributed by atoms with Gasteiger partial charge in [0, 0.05) is 10.1 Å². The van der Waals surface area contributed by atoms with E-state index in [1.807, 2.05) is 31.2 Å². The molecule has 31 heavy (non-hydrogen) atoms. The topological polar surface area (TPSA) is 75.7 Å². The van der Waals surface area contributed by atoms with Crippen LogP contribution in [0.1, 0.15) is 12.5 Å². The summed E-state index contributed by atoms with van der Waals surface area (Å²) in [5, 5.41) is 2.80. The number of anilines is 1. The van der Waals surface area contributed by atoms with E-state index in [-0.39, 0.29) is 18.0 Å². The lowest BCUT2D eigenvalue weighted by Gasteiger charge is -2.24. The summed E-state index contributed by atoms with van der Waals surface area (Å²) in [5.74, 6) is 0.321. The van der Waals surface area contributed by atoms with Crippen LogP contribution in [0.15, 0.2) is 83.8 Å². The number of hydrogen-bond acceptors (Lipinski definition) is 4. The van der Waals surface area contributed by atoms with E-state index in [0.717, 1.165) is 19.2 Å². The molecule has 0 saturated carbocycles. The van der Waals surface area contributed by atoms with Crippen molar-refractivity contribution in [2.75, 3.05) is 17.5 Å². The Labute approximate surface area is 196 Å². The highest BCUT2D eigenvalue weighted by Crippen LogP contribution is 2.24. The van der Waals surface area contributed by atoms with Crippen LogP contribution in [0.3, 0.4) is 0 Å². The number of sulfonamides is 1. The molecule has 0 bridgehead atoms. The van der Waals surface area contributed by atoms with Crippen molar-refractivity contribution in [2.24, 2.45) is 0 Å². The highest BCUT2D eigenvalue weighted by atomic mass is 127. The summed E-state index contributed by atoms with van der Waals surface area (Å²) < 4.78 is 34.1. The quantitative estimate of drug-likeness (QED) is 0.406. The number of nitrogens with one attached hydrogen (secondary N) is 1. The molecule has 3 aromatic rings. The van der Waals surface area contributed by atoms with E-state index < -0.39 is 15.9 Å². The first-order chi connectivity index (χ1) is 14.9. The van der Waals surface area contributed by atoms with Crippen molar-refractivity contribution in [3.05, 3.63) is 88.0 Å². The minimum Gasteiger partial charge on any atom is -0.494 e. The lowest BCUT2D eigenvalue weighted by molar-refractivity contribution is -0.119. The SMILES string of the molecule is CCOc1cccc(CNC(=O)CN(c2ccc(I)cc2)S(=O)(=O)c2ccccc2)c1. The summed E-state index contributed by atoms with van der Waals surface area (Å²) in [5.41, 5.74) is 1.30. The number of benzene rings is 3. The van der Waals surface area contributed by atoms with Crippen LogP contribution in [0.4, 0.5) is 5.69 Å². The smallest absolute Gasteiger partial charge is 0.264 e. The van der Waals surface area contributed by atoms with Crippen LogP contribution in [0.25, 0.3) is 0 Å². The Hall–Kier alpha value is -2.59. The Morgan fingerprint density at radius 1 is 1.00 bits per heavy atom. The van der Waals surface area contributed by atoms with Gasteiger partial charge in [-0.2, -0.15) is 0 Å². The molecular formula is C23H23IN2O4S. The normalized spacial score (nSPS) is 11.0. The van der Waals surface area contributed by atoms with E-state index in [1.54, 1.807) is 42.5 Å². The number of carbonyl (C=O) groups excluding carboxylic acids is 1. The Morgan fingerprint density at radius 2 is 1.71 bits per heavy atom. The van der Waals surface area contributed by atoms with Crippen molar-refractivity contribution in [2.45, 2.75) is 18.4 Å². The van der Waals surface area contributed by atoms with Crippen LogP contribution in [0.5, 0.6) is 5.75 Å². The van der Waals surface area contributed by atoms with Gasteiger partial charge in [0.1, 0.15) is 12.3 Å². The van der Waals surface area contributed by atoms with E-state index >= 15 is 0 Å². The van der Waals surface area contributed by atoms with Gasteiger partial charge in [0.2, 0.25) is 5.91 Å². The molecule has 162 valence electrons. The fourth-order valence-electron chi connectivity index (χ4n) is 2.94. The van der Waals surface area contributed by atoms with Gasteiger partial charge in [0.25, 0.3) is 10.0 Å². The van der Waals surface area contributed by atoms with Crippen LogP contribution >= 0.6 is 22.6 Å². The molecule has 0 unspecified atom stereocenters. The van der Waals surface area contributed by atoms with Crippen molar-refractivity contribution >= 4 is 44.2 Å². The van der Waals surface area contributed by atoms with Gasteiger partial charge in [-0.25, -0.2) is 8.42 Å². The highest BCUT2D eigenvalue weighted by Gasteiger charge is 2.27. The second kappa shape index (κ2) is 10.6. The molecule has 0 radical (unpaired) electrons. The van der Waals surface area contributed by atoms with E-state index in [9.17, 15) is 13.2 Å². The number of carbonyl (C=O) groups is 1. The van der Waals surface area contributed by atoms with Crippen molar-refractivity contribution in [1.29, 1.82) is 0 Å². The first kappa shape index (κ1) is 23.1. The number of amides is 1. The van der Waals surface area contributed by atoms with Gasteiger partial charge in [-0.3, -0.25) is 9.10 Å². The Balaban J connectivity index is 1.79. The molecule has 1 amide bonds. The van der Waals surface area contributed by atoms with Crippen LogP contribution in [0, 0.1) is 3.57 Å². The number of rotatable bonds is 9. The summed E-state index contributed by atoms with van der Waals surface area (Å²) in [6.45, 7) is 2.40. The average Bonchev–Trinajstić information content (AvgIpc) is 2.78. The number of nitrogens with zero attached hydrogens (tertiary/aromatic N) is 1. The molecule has 8 heteroatoms. The Bertz CT molecular complexity index is 1120. The van der Waals surface area contributed by atoms with E-state index in [1.165, 1.54) is 12.1 Å². The third-order valence-electron chi connectivity index (χ3n) is 4.43. The summed E-state index contributed by atoms with van der Waals surface area (Å²) in [4.78, 5) is 12.8. The molecule has 1 N–H and O–H groups in total. The zero-order valence-electron chi connectivity index (χ0n) is 17.0. The molecule has 3 aromatic carbocycles. The first-order valence-corrected chi connectivity index (χ1v) is 12.2. The zero-order valence-corrected chi connectivity index (χ0v) is 20.0. The second-order valence-corrected chi connectivity index (χ2v) is 9.77. The molecular weight excluding hydrogens is 527 g/mol. The summed E-state index contributed by atoms with van der Waals surface area (Å²) in [7, 11) is -3.91. The van der Waals surface area contributed by atoms with Crippen LogP contribution in [0.2, 0.25) is 0 Å². The minimum atomic E-state index is -3.91. The predicted octanol–water partition coefficient (Wildman–Crippen LogP) is 4.20. The summed E-state index contributed by atoms with van der Waals surface area (Å²) in [6.07, 6.45) is 0. The average molecular weight is 550 g/mol. The fourth-order valence-corrected chi connectivity index (χ4v) is 4.74. The third-order valence-corrected chi connectivity index (χ3v) is 6.94. The van der Waals surface area contributed by atoms with E-state index in [4.69, 9.17) is 4.74 Å². The van der Waals surface area contributed by atoms with Crippen LogP contribution in [-0.4, -0.2) is 27.5 Å². The third kappa shape index (κ3) is 6.20. The van der Waals surface area contributed by atoms with Gasteiger partial charge < -0.3 is 10.1 Å². The Kier molecular flexibility index (Phi) is 7.91. The summed E-state index contributed by atoms with van der Waals surface area (Å²) in [6, 6.07) is 22.5. The molecule has 0 saturated heterocycles. The molecule has 0 aromatic heterocycles. The first-order valence-electron chi connectivity index (χ1n) is 9.72. The van der Waals surface area contributed by atoms with Gasteiger partial charge in [-0.15, -0.1) is 0 Å². The lowest BCUT2D eigenvalue weighted by Crippen LogP contribution is -2.40. The zero-order chi connectivity index (χ0) is 22.3. The maximum absolute atomic E-state index is 13.3. The monoisotopic (exact) mass is 550 g/mol. The molecule has 0 heterocycles. The standard InChI is InChI=1S/C23H23IN2O4S/c1-2-30-21-8-6-7-18(15-21)16-25-23(27)17-26(20-13-11-19(24)12-14-20)31(28,29)22-9-4-3-5-10-22/h3-15H,2,16-17H2,1H3,(H,25,27). The van der Waals surface area contributed by atoms with Crippen LogP contribution < -0.4 is 14.4 Å². The molecule has 6 nitrogen and oxygen atoms in total. The van der Waals surface area contributed by atoms with Crippen molar-refractivity contribution in [3.63, 3.8) is 0 Å². The largest absolute Gasteiger partial charge is 0.494 e. The maximum Gasteiger partial charge on any atom is 0.264 e. The van der Waals surface area contributed by atoms with Gasteiger partial charge in [-0.05, 0) is 83.6 Å². The number of ether oxygens (including phenoxy) is 1. The molecule has 0 atom stereocenters. The maximum atomic E-state index is 13.3. The molecule has 0 aliphatic carbocycles. The van der Waals surface area contributed by atoms with E-state index in [2.05, 4.69) is 27.9 Å². The molecule has 0 aliphatic heterocycles. The predicted molar refractivity (Wildman–Crippen MR) is 130 cm³/mol. The molecule has 0 fully saturated rings. The van der Waals surface area contributed by atoms with E-state index in [0.29, 0.717) is 12.3 Å². The van der Waals surface area contributed by atoms with Gasteiger partial charge in [0.05, 0.1) is 17.2 Å². The van der Waals surface area contributed by atoms with Crippen LogP contribution in [-0.2, 0) is 21.4 Å². The van der Waals surface area contributed by atoms with Crippen molar-refractivity contribution < 1.29 is 17.9 Å². The number of hydrogen-bond donors (Lipinski definition) is 1. The van der Waals surface area contributed by atoms with Crippen molar-refractivity contribution in [1.82, 2.24) is 5.32 Å². The molecule has 0 aliphatic rings. The Morgan fingerprint density at radius 3 is 2.39 bits per heavy atom. The fraction of sp³-hybridized carbons (Fsp3) is 0.174. The lowest BCUT2D eigenvalue weighted by atomic mass is 10.2. The second-order valence-electron chi connectivity index (χ2n) is 6.66. The summed E-state index contributed by atoms with van der Waals surface area (Å²) >= 11 is 2.15. The number of halogens is 1. The molecule has 0 spiro atoms. The highest BCUT2D eigenvalue weighted by molar-refractivity contribution is 14.1.